The summed E-state index contributed by atoms with van der Waals surface area (Å²) in [7, 11) is 0. The first-order chi connectivity index (χ1) is 15.5. The number of esters is 1. The number of carbonyl (C=O) groups excluding carboxylic acids is 2. The third-order valence-corrected chi connectivity index (χ3v) is 4.58. The van der Waals surface area contributed by atoms with Crippen LogP contribution in [0.25, 0.3) is 17.1 Å². The standard InChI is InChI=1S/C24H19FN4O3/c1-2-32-24(31)20-15-21(29(28-20)22-8-3-4-13-26-22)17-6-5-7-19(14-17)27-23(30)16-9-11-18(25)12-10-16/h3-15H,2H2,1H3,(H,27,30). The number of benzene rings is 2. The molecule has 4 aromatic rings. The number of hydrogen-bond donors (Lipinski definition) is 1. The molecule has 0 aliphatic heterocycles. The van der Waals surface area contributed by atoms with Crippen molar-refractivity contribution in [1.82, 2.24) is 14.8 Å². The van der Waals surface area contributed by atoms with E-state index in [2.05, 4.69) is 15.4 Å². The van der Waals surface area contributed by atoms with E-state index in [-0.39, 0.29) is 18.2 Å². The van der Waals surface area contributed by atoms with E-state index < -0.39 is 11.8 Å². The van der Waals surface area contributed by atoms with E-state index in [0.717, 1.165) is 0 Å². The lowest BCUT2D eigenvalue weighted by molar-refractivity contribution is 0.0519. The summed E-state index contributed by atoms with van der Waals surface area (Å²) in [6, 6.07) is 19.4. The van der Waals surface area contributed by atoms with Gasteiger partial charge in [0.05, 0.1) is 12.3 Å². The SMILES string of the molecule is CCOC(=O)c1cc(-c2cccc(NC(=O)c3ccc(F)cc3)c2)n(-c2ccccn2)n1. The minimum atomic E-state index is -0.538. The van der Waals surface area contributed by atoms with Crippen LogP contribution >= 0.6 is 0 Å². The molecule has 160 valence electrons. The molecule has 2 aromatic heterocycles. The molecule has 0 aliphatic carbocycles. The predicted octanol–water partition coefficient (Wildman–Crippen LogP) is 4.50. The van der Waals surface area contributed by atoms with Gasteiger partial charge in [0.1, 0.15) is 5.82 Å². The highest BCUT2D eigenvalue weighted by Crippen LogP contribution is 2.26. The lowest BCUT2D eigenvalue weighted by Crippen LogP contribution is -2.11. The van der Waals surface area contributed by atoms with Gasteiger partial charge in [-0.15, -0.1) is 0 Å². The fourth-order valence-corrected chi connectivity index (χ4v) is 3.11. The molecule has 8 heteroatoms. The van der Waals surface area contributed by atoms with Gasteiger partial charge in [0.15, 0.2) is 11.5 Å². The van der Waals surface area contributed by atoms with Crippen LogP contribution in [0.3, 0.4) is 0 Å². The Hall–Kier alpha value is -4.33. The number of halogens is 1. The second kappa shape index (κ2) is 9.22. The smallest absolute Gasteiger partial charge is 0.358 e. The van der Waals surface area contributed by atoms with Gasteiger partial charge in [-0.25, -0.2) is 18.9 Å². The largest absolute Gasteiger partial charge is 0.461 e. The molecule has 0 fully saturated rings. The molecule has 0 saturated carbocycles. The first kappa shape index (κ1) is 20.9. The fourth-order valence-electron chi connectivity index (χ4n) is 3.11. The first-order valence-electron chi connectivity index (χ1n) is 9.91. The van der Waals surface area contributed by atoms with Crippen LogP contribution in [0, 0.1) is 5.82 Å². The maximum absolute atomic E-state index is 13.1. The first-order valence-corrected chi connectivity index (χ1v) is 9.91. The Bertz CT molecular complexity index is 1250. The van der Waals surface area contributed by atoms with Gasteiger partial charge in [0.25, 0.3) is 5.91 Å². The molecule has 0 spiro atoms. The molecule has 0 unspecified atom stereocenters. The number of aromatic nitrogens is 3. The summed E-state index contributed by atoms with van der Waals surface area (Å²) in [6.45, 7) is 1.96. The zero-order valence-electron chi connectivity index (χ0n) is 17.2. The summed E-state index contributed by atoms with van der Waals surface area (Å²) >= 11 is 0. The summed E-state index contributed by atoms with van der Waals surface area (Å²) in [5.41, 5.74) is 2.32. The van der Waals surface area contributed by atoms with Crippen molar-refractivity contribution in [3.05, 3.63) is 96.1 Å². The third-order valence-electron chi connectivity index (χ3n) is 4.58. The van der Waals surface area contributed by atoms with Crippen molar-refractivity contribution in [3.63, 3.8) is 0 Å². The molecule has 2 aromatic carbocycles. The van der Waals surface area contributed by atoms with E-state index in [1.165, 1.54) is 24.3 Å². The number of hydrogen-bond acceptors (Lipinski definition) is 5. The Kier molecular flexibility index (Phi) is 6.03. The summed E-state index contributed by atoms with van der Waals surface area (Å²) in [4.78, 5) is 29.1. The molecule has 1 amide bonds. The summed E-state index contributed by atoms with van der Waals surface area (Å²) < 4.78 is 19.8. The minimum Gasteiger partial charge on any atom is -0.461 e. The average Bonchev–Trinajstić information content (AvgIpc) is 3.26. The van der Waals surface area contributed by atoms with Crippen molar-refractivity contribution in [2.75, 3.05) is 11.9 Å². The number of carbonyl (C=O) groups is 2. The molecular formula is C24H19FN4O3. The number of nitrogens with one attached hydrogen (secondary N) is 1. The fraction of sp³-hybridized carbons (Fsp3) is 0.0833. The number of amides is 1. The van der Waals surface area contributed by atoms with E-state index >= 15 is 0 Å². The molecule has 0 atom stereocenters. The van der Waals surface area contributed by atoms with Crippen LogP contribution in [0.15, 0.2) is 79.0 Å². The Labute approximate surface area is 183 Å². The van der Waals surface area contributed by atoms with Crippen LogP contribution in [-0.2, 0) is 4.74 Å². The Balaban J connectivity index is 1.69. The molecular weight excluding hydrogens is 411 g/mol. The molecule has 0 radical (unpaired) electrons. The summed E-state index contributed by atoms with van der Waals surface area (Å²) in [5.74, 6) is -0.792. The van der Waals surface area contributed by atoms with Crippen LogP contribution < -0.4 is 5.32 Å². The molecule has 2 heterocycles. The van der Waals surface area contributed by atoms with Gasteiger partial charge in [0, 0.05) is 23.0 Å². The Morgan fingerprint density at radius 2 is 1.84 bits per heavy atom. The maximum Gasteiger partial charge on any atom is 0.358 e. The van der Waals surface area contributed by atoms with E-state index in [1.54, 1.807) is 54.2 Å². The van der Waals surface area contributed by atoms with Crippen LogP contribution in [0.2, 0.25) is 0 Å². The zero-order chi connectivity index (χ0) is 22.5. The highest BCUT2D eigenvalue weighted by atomic mass is 19.1. The van der Waals surface area contributed by atoms with Gasteiger partial charge in [-0.2, -0.15) is 5.10 Å². The number of anilines is 1. The van der Waals surface area contributed by atoms with E-state index in [1.807, 2.05) is 12.1 Å². The molecule has 0 bridgehead atoms. The van der Waals surface area contributed by atoms with Crippen molar-refractivity contribution in [2.45, 2.75) is 6.92 Å². The summed E-state index contributed by atoms with van der Waals surface area (Å²) in [5, 5.41) is 7.18. The highest BCUT2D eigenvalue weighted by molar-refractivity contribution is 6.04. The van der Waals surface area contributed by atoms with Crippen molar-refractivity contribution in [2.24, 2.45) is 0 Å². The number of nitrogens with zero attached hydrogens (tertiary/aromatic N) is 3. The number of pyridine rings is 1. The van der Waals surface area contributed by atoms with Gasteiger partial charge in [-0.05, 0) is 61.5 Å². The van der Waals surface area contributed by atoms with Gasteiger partial charge >= 0.3 is 5.97 Å². The van der Waals surface area contributed by atoms with Crippen molar-refractivity contribution in [3.8, 4) is 17.1 Å². The van der Waals surface area contributed by atoms with Gasteiger partial charge < -0.3 is 10.1 Å². The van der Waals surface area contributed by atoms with Gasteiger partial charge in [-0.3, -0.25) is 4.79 Å². The minimum absolute atomic E-state index is 0.147. The maximum atomic E-state index is 13.1. The van der Waals surface area contributed by atoms with Crippen molar-refractivity contribution < 1.29 is 18.7 Å². The van der Waals surface area contributed by atoms with Crippen LogP contribution in [0.1, 0.15) is 27.8 Å². The molecule has 1 N–H and O–H groups in total. The Morgan fingerprint density at radius 1 is 1.03 bits per heavy atom. The molecule has 32 heavy (non-hydrogen) atoms. The second-order valence-electron chi connectivity index (χ2n) is 6.78. The van der Waals surface area contributed by atoms with E-state index in [0.29, 0.717) is 28.3 Å². The summed E-state index contributed by atoms with van der Waals surface area (Å²) in [6.07, 6.45) is 1.63. The lowest BCUT2D eigenvalue weighted by atomic mass is 10.1. The van der Waals surface area contributed by atoms with Crippen molar-refractivity contribution in [1.29, 1.82) is 0 Å². The molecule has 7 nitrogen and oxygen atoms in total. The average molecular weight is 430 g/mol. The lowest BCUT2D eigenvalue weighted by Gasteiger charge is -2.09. The van der Waals surface area contributed by atoms with Crippen LogP contribution in [0.5, 0.6) is 0 Å². The van der Waals surface area contributed by atoms with E-state index in [4.69, 9.17) is 4.74 Å². The van der Waals surface area contributed by atoms with E-state index in [9.17, 15) is 14.0 Å². The van der Waals surface area contributed by atoms with Gasteiger partial charge in [-0.1, -0.05) is 18.2 Å². The Morgan fingerprint density at radius 3 is 2.56 bits per heavy atom. The predicted molar refractivity (Wildman–Crippen MR) is 117 cm³/mol. The number of ether oxygens (including phenoxy) is 1. The monoisotopic (exact) mass is 430 g/mol. The molecule has 4 rings (SSSR count). The molecule has 0 saturated heterocycles. The van der Waals surface area contributed by atoms with Gasteiger partial charge in [0.2, 0.25) is 0 Å². The van der Waals surface area contributed by atoms with Crippen LogP contribution in [-0.4, -0.2) is 33.2 Å². The number of rotatable bonds is 6. The third kappa shape index (κ3) is 4.54. The molecule has 0 aliphatic rings. The quantitative estimate of drug-likeness (QED) is 0.455. The zero-order valence-corrected chi connectivity index (χ0v) is 17.2. The van der Waals surface area contributed by atoms with Crippen LogP contribution in [0.4, 0.5) is 10.1 Å². The highest BCUT2D eigenvalue weighted by Gasteiger charge is 2.18. The second-order valence-corrected chi connectivity index (χ2v) is 6.78. The topological polar surface area (TPSA) is 86.1 Å². The normalized spacial score (nSPS) is 10.6. The van der Waals surface area contributed by atoms with Crippen molar-refractivity contribution >= 4 is 17.6 Å².